The summed E-state index contributed by atoms with van der Waals surface area (Å²) in [6.45, 7) is 0. The van der Waals surface area contributed by atoms with E-state index in [0.29, 0.717) is 12.0 Å². The Morgan fingerprint density at radius 3 is 2.43 bits per heavy atom. The molecule has 30 heavy (non-hydrogen) atoms. The van der Waals surface area contributed by atoms with Gasteiger partial charge in [0, 0.05) is 6.42 Å². The van der Waals surface area contributed by atoms with Crippen molar-refractivity contribution in [3.8, 4) is 6.07 Å². The molecule has 1 atom stereocenters. The first-order valence-electron chi connectivity index (χ1n) is 10.1. The van der Waals surface area contributed by atoms with E-state index >= 15 is 0 Å². The first kappa shape index (κ1) is 21.1. The normalized spacial score (nSPS) is 11.4. The number of nitrogens with one attached hydrogen (secondary N) is 1. The molecule has 0 radical (unpaired) electrons. The molecule has 5 heteroatoms. The Kier molecular flexibility index (Phi) is 7.57. The zero-order valence-electron chi connectivity index (χ0n) is 16.7. The molecule has 152 valence electrons. The predicted molar refractivity (Wildman–Crippen MR) is 115 cm³/mol. The molecule has 0 bridgehead atoms. The quantitative estimate of drug-likeness (QED) is 0.412. The van der Waals surface area contributed by atoms with Gasteiger partial charge in [-0.25, -0.2) is 4.79 Å². The van der Waals surface area contributed by atoms with Gasteiger partial charge >= 0.3 is 5.97 Å². The molecule has 0 heterocycles. The van der Waals surface area contributed by atoms with Crippen molar-refractivity contribution in [2.75, 3.05) is 0 Å². The van der Waals surface area contributed by atoms with E-state index in [2.05, 4.69) is 29.7 Å². The number of unbranched alkanes of at least 4 members (excludes halogenated alkanes) is 2. The van der Waals surface area contributed by atoms with E-state index in [0.717, 1.165) is 35.6 Å². The predicted octanol–water partition coefficient (Wildman–Crippen LogP) is 5.29. The second-order valence-corrected chi connectivity index (χ2v) is 7.13. The number of nitrogens with zero attached hydrogens (tertiary/aromatic N) is 1. The van der Waals surface area contributed by atoms with Crippen LogP contribution >= 0.6 is 0 Å². The van der Waals surface area contributed by atoms with Crippen molar-refractivity contribution < 1.29 is 14.4 Å². The van der Waals surface area contributed by atoms with Crippen molar-refractivity contribution >= 4 is 22.6 Å². The number of rotatable bonds is 8. The van der Waals surface area contributed by atoms with Gasteiger partial charge in [-0.3, -0.25) is 4.79 Å². The highest BCUT2D eigenvalue weighted by Crippen LogP contribution is 2.29. The molecule has 5 nitrogen and oxygen atoms in total. The third kappa shape index (κ3) is 5.68. The molecule has 0 aliphatic rings. The smallest absolute Gasteiger partial charge is 0.335 e. The summed E-state index contributed by atoms with van der Waals surface area (Å²) in [5.74, 6) is -1.09. The number of amides is 1. The molecule has 1 amide bonds. The van der Waals surface area contributed by atoms with E-state index in [1.165, 1.54) is 0 Å². The number of nitriles is 1. The molecule has 3 rings (SSSR count). The lowest BCUT2D eigenvalue weighted by atomic mass is 9.90. The maximum Gasteiger partial charge on any atom is 0.362 e. The largest absolute Gasteiger partial charge is 0.362 e. The first-order chi connectivity index (χ1) is 14.7. The average Bonchev–Trinajstić information content (AvgIpc) is 2.80. The maximum atomic E-state index is 11.9. The van der Waals surface area contributed by atoms with E-state index in [4.69, 9.17) is 4.84 Å². The number of hydrogen-bond acceptors (Lipinski definition) is 4. The Labute approximate surface area is 176 Å². The van der Waals surface area contributed by atoms with Crippen molar-refractivity contribution in [1.29, 1.82) is 5.26 Å². The molecule has 0 fully saturated rings. The fraction of sp³-hybridized carbons (Fsp3) is 0.240. The summed E-state index contributed by atoms with van der Waals surface area (Å²) in [4.78, 5) is 28.5. The summed E-state index contributed by atoms with van der Waals surface area (Å²) >= 11 is 0. The Bertz CT molecular complexity index is 1040. The minimum Gasteiger partial charge on any atom is -0.335 e. The number of benzene rings is 3. The highest BCUT2D eigenvalue weighted by molar-refractivity contribution is 5.90. The lowest BCUT2D eigenvalue weighted by Gasteiger charge is -2.12. The molecule has 0 spiro atoms. The van der Waals surface area contributed by atoms with Gasteiger partial charge < -0.3 is 4.84 Å². The lowest BCUT2D eigenvalue weighted by molar-refractivity contribution is -0.130. The Morgan fingerprint density at radius 1 is 0.900 bits per heavy atom. The van der Waals surface area contributed by atoms with Gasteiger partial charge in [0.25, 0.3) is 5.91 Å². The SMILES string of the molecule is N#CC(CCCCCC(=O)NOC(=O)c1ccccc1)c1cccc2ccccc12. The number of carbonyl (C=O) groups excluding carboxylic acids is 2. The Morgan fingerprint density at radius 2 is 1.63 bits per heavy atom. The second-order valence-electron chi connectivity index (χ2n) is 7.13. The minimum absolute atomic E-state index is 0.170. The molecule has 3 aromatic carbocycles. The van der Waals surface area contributed by atoms with E-state index in [-0.39, 0.29) is 18.2 Å². The Hall–Kier alpha value is -3.65. The average molecular weight is 400 g/mol. The van der Waals surface area contributed by atoms with Gasteiger partial charge in [-0.05, 0) is 41.3 Å². The van der Waals surface area contributed by atoms with Gasteiger partial charge in [-0.2, -0.15) is 10.7 Å². The Balaban J connectivity index is 1.39. The highest BCUT2D eigenvalue weighted by atomic mass is 16.7. The molecule has 0 aliphatic carbocycles. The number of fused-ring (bicyclic) bond motifs is 1. The minimum atomic E-state index is -0.587. The van der Waals surface area contributed by atoms with Crippen LogP contribution in [0.25, 0.3) is 10.8 Å². The molecule has 0 aromatic heterocycles. The van der Waals surface area contributed by atoms with Crippen molar-refractivity contribution in [2.24, 2.45) is 0 Å². The topological polar surface area (TPSA) is 79.2 Å². The molecule has 0 saturated heterocycles. The molecular formula is C25H24N2O3. The maximum absolute atomic E-state index is 11.9. The van der Waals surface area contributed by atoms with Crippen LogP contribution in [0, 0.1) is 11.3 Å². The van der Waals surface area contributed by atoms with Gasteiger partial charge in [-0.15, -0.1) is 0 Å². The monoisotopic (exact) mass is 400 g/mol. The molecule has 0 aliphatic heterocycles. The molecule has 0 saturated carbocycles. The fourth-order valence-electron chi connectivity index (χ4n) is 3.44. The first-order valence-corrected chi connectivity index (χ1v) is 10.1. The lowest BCUT2D eigenvalue weighted by Crippen LogP contribution is -2.26. The zero-order valence-corrected chi connectivity index (χ0v) is 16.7. The molecular weight excluding hydrogens is 376 g/mol. The van der Waals surface area contributed by atoms with Gasteiger partial charge in [-0.1, -0.05) is 73.5 Å². The van der Waals surface area contributed by atoms with Crippen LogP contribution in [0.15, 0.2) is 72.8 Å². The zero-order chi connectivity index (χ0) is 21.2. The van der Waals surface area contributed by atoms with E-state index in [1.807, 2.05) is 24.3 Å². The van der Waals surface area contributed by atoms with E-state index in [1.54, 1.807) is 30.3 Å². The van der Waals surface area contributed by atoms with Crippen LogP contribution in [0.3, 0.4) is 0 Å². The van der Waals surface area contributed by atoms with Crippen LogP contribution in [0.2, 0.25) is 0 Å². The van der Waals surface area contributed by atoms with Gasteiger partial charge in [0.1, 0.15) is 0 Å². The van der Waals surface area contributed by atoms with E-state index < -0.39 is 5.97 Å². The van der Waals surface area contributed by atoms with Crippen LogP contribution in [0.1, 0.15) is 53.9 Å². The van der Waals surface area contributed by atoms with Crippen LogP contribution in [-0.2, 0) is 9.63 Å². The van der Waals surface area contributed by atoms with Crippen molar-refractivity contribution in [1.82, 2.24) is 5.48 Å². The summed E-state index contributed by atoms with van der Waals surface area (Å²) < 4.78 is 0. The second kappa shape index (κ2) is 10.8. The van der Waals surface area contributed by atoms with Crippen LogP contribution < -0.4 is 5.48 Å². The van der Waals surface area contributed by atoms with Crippen molar-refractivity contribution in [2.45, 2.75) is 38.0 Å². The number of hydrogen-bond donors (Lipinski definition) is 1. The number of hydroxylamine groups is 1. The summed E-state index contributed by atoms with van der Waals surface area (Å²) in [5.41, 5.74) is 3.64. The molecule has 1 unspecified atom stereocenters. The molecule has 1 N–H and O–H groups in total. The van der Waals surface area contributed by atoms with Crippen molar-refractivity contribution in [3.63, 3.8) is 0 Å². The highest BCUT2D eigenvalue weighted by Gasteiger charge is 2.14. The summed E-state index contributed by atoms with van der Waals surface area (Å²) in [7, 11) is 0. The van der Waals surface area contributed by atoms with Gasteiger partial charge in [0.2, 0.25) is 0 Å². The number of carbonyl (C=O) groups is 2. The van der Waals surface area contributed by atoms with Crippen LogP contribution in [-0.4, -0.2) is 11.9 Å². The van der Waals surface area contributed by atoms with E-state index in [9.17, 15) is 14.9 Å². The molecule has 3 aromatic rings. The third-order valence-electron chi connectivity index (χ3n) is 5.02. The summed E-state index contributed by atoms with van der Waals surface area (Å²) in [6, 6.07) is 25.1. The van der Waals surface area contributed by atoms with Crippen LogP contribution in [0.5, 0.6) is 0 Å². The van der Waals surface area contributed by atoms with Crippen LogP contribution in [0.4, 0.5) is 0 Å². The fourth-order valence-corrected chi connectivity index (χ4v) is 3.44. The van der Waals surface area contributed by atoms with Crippen molar-refractivity contribution in [3.05, 3.63) is 83.9 Å². The summed E-state index contributed by atoms with van der Waals surface area (Å²) in [5, 5.41) is 11.9. The third-order valence-corrected chi connectivity index (χ3v) is 5.02. The summed E-state index contributed by atoms with van der Waals surface area (Å²) in [6.07, 6.45) is 3.35. The standard InChI is InChI=1S/C25H24N2O3/c26-18-21(23-16-9-14-19-10-7-8-15-22(19)23)13-5-2-6-17-24(28)27-30-25(29)20-11-3-1-4-12-20/h1,3-4,7-12,14-16,21H,2,5-6,13,17H2,(H,27,28). The van der Waals surface area contributed by atoms with Gasteiger partial charge in [0.15, 0.2) is 0 Å². The van der Waals surface area contributed by atoms with Gasteiger partial charge in [0.05, 0.1) is 17.6 Å².